The van der Waals surface area contributed by atoms with Crippen molar-refractivity contribution in [2.75, 3.05) is 13.2 Å². The standard InChI is InChI=1S/C43H79NO10/c1-3-5-7-9-11-13-15-17-18-19-21-23-25-27-29-31-36(47)42(52)44-34(33-53-43-41(51)40(50)39(49)37(32-45)54-43)38(48)35(46)30-28-26-24-22-20-16-14-12-10-8-6-4-2/h12,14,18-19,22,24,34-41,43,45-51H,3-11,13,15-17,20-21,23,25-33H2,1-2H3,(H,44,52)/b14-12+,19-18-,24-22+. The van der Waals surface area contributed by atoms with Crippen molar-refractivity contribution in [2.45, 2.75) is 217 Å². The highest BCUT2D eigenvalue weighted by Crippen LogP contribution is 2.23. The van der Waals surface area contributed by atoms with E-state index in [9.17, 15) is 40.5 Å². The quantitative estimate of drug-likeness (QED) is 0.0283. The van der Waals surface area contributed by atoms with Crippen LogP contribution in [0.15, 0.2) is 36.5 Å². The molecule has 0 aromatic heterocycles. The van der Waals surface area contributed by atoms with Crippen LogP contribution in [0.3, 0.4) is 0 Å². The number of aliphatic hydroxyl groups excluding tert-OH is 7. The maximum absolute atomic E-state index is 13.0. The molecule has 1 saturated heterocycles. The Morgan fingerprint density at radius 3 is 1.69 bits per heavy atom. The van der Waals surface area contributed by atoms with Gasteiger partial charge in [0.2, 0.25) is 5.91 Å². The van der Waals surface area contributed by atoms with Crippen LogP contribution in [0, 0.1) is 0 Å². The topological polar surface area (TPSA) is 189 Å². The summed E-state index contributed by atoms with van der Waals surface area (Å²) in [4.78, 5) is 13.0. The van der Waals surface area contributed by atoms with E-state index in [-0.39, 0.29) is 12.8 Å². The molecule has 11 heteroatoms. The molecular formula is C43H79NO10. The minimum Gasteiger partial charge on any atom is -0.394 e. The van der Waals surface area contributed by atoms with Gasteiger partial charge in [0.1, 0.15) is 36.6 Å². The molecule has 0 bridgehead atoms. The van der Waals surface area contributed by atoms with Gasteiger partial charge in [-0.25, -0.2) is 0 Å². The summed E-state index contributed by atoms with van der Waals surface area (Å²) < 4.78 is 11.0. The first-order valence-electron chi connectivity index (χ1n) is 21.4. The normalized spacial score (nSPS) is 23.0. The molecule has 54 heavy (non-hydrogen) atoms. The molecule has 0 aliphatic carbocycles. The first-order valence-corrected chi connectivity index (χ1v) is 21.4. The fourth-order valence-electron chi connectivity index (χ4n) is 6.51. The van der Waals surface area contributed by atoms with E-state index >= 15 is 0 Å². The molecule has 1 heterocycles. The number of ether oxygens (including phenoxy) is 2. The van der Waals surface area contributed by atoms with Crippen LogP contribution < -0.4 is 5.32 Å². The summed E-state index contributed by atoms with van der Waals surface area (Å²) in [6.45, 7) is 3.35. The smallest absolute Gasteiger partial charge is 0.249 e. The summed E-state index contributed by atoms with van der Waals surface area (Å²) in [6.07, 6.45) is 24.9. The number of hydrogen-bond donors (Lipinski definition) is 8. The Bertz CT molecular complexity index is 976. The van der Waals surface area contributed by atoms with Crippen LogP contribution >= 0.6 is 0 Å². The van der Waals surface area contributed by atoms with E-state index in [4.69, 9.17) is 9.47 Å². The van der Waals surface area contributed by atoms with Crippen molar-refractivity contribution in [1.29, 1.82) is 0 Å². The minimum absolute atomic E-state index is 0.236. The maximum atomic E-state index is 13.0. The van der Waals surface area contributed by atoms with Gasteiger partial charge in [-0.05, 0) is 77.0 Å². The van der Waals surface area contributed by atoms with Gasteiger partial charge in [-0.1, -0.05) is 121 Å². The van der Waals surface area contributed by atoms with Gasteiger partial charge in [-0.3, -0.25) is 4.79 Å². The second kappa shape index (κ2) is 33.5. The van der Waals surface area contributed by atoms with Crippen molar-refractivity contribution < 1.29 is 50.0 Å². The molecule has 1 aliphatic rings. The van der Waals surface area contributed by atoms with Crippen LogP contribution in [0.5, 0.6) is 0 Å². The number of rotatable bonds is 34. The third-order valence-corrected chi connectivity index (χ3v) is 10.1. The van der Waals surface area contributed by atoms with E-state index in [1.807, 2.05) is 0 Å². The molecule has 9 atom stereocenters. The van der Waals surface area contributed by atoms with Crippen molar-refractivity contribution in [3.63, 3.8) is 0 Å². The van der Waals surface area contributed by atoms with Gasteiger partial charge in [0.15, 0.2) is 6.29 Å². The summed E-state index contributed by atoms with van der Waals surface area (Å²) in [5, 5.41) is 75.3. The SMILES string of the molecule is CCCCC/C=C/CC/C=C/CCCC(O)C(O)C(COC1OC(CO)C(O)C(O)C1O)NC(=O)C(O)CCCCCC/C=C\CCCCCCCCC. The number of carbonyl (C=O) groups excluding carboxylic acids is 1. The lowest BCUT2D eigenvalue weighted by Gasteiger charge is -2.40. The number of unbranched alkanes of at least 4 members (excludes halogenated alkanes) is 16. The number of nitrogens with one attached hydrogen (secondary N) is 1. The molecule has 11 nitrogen and oxygen atoms in total. The van der Waals surface area contributed by atoms with Crippen LogP contribution in [0.1, 0.15) is 162 Å². The van der Waals surface area contributed by atoms with E-state index in [2.05, 4.69) is 55.6 Å². The zero-order valence-electron chi connectivity index (χ0n) is 33.7. The van der Waals surface area contributed by atoms with Crippen LogP contribution in [0.25, 0.3) is 0 Å². The lowest BCUT2D eigenvalue weighted by molar-refractivity contribution is -0.303. The molecule has 8 N–H and O–H groups in total. The average Bonchev–Trinajstić information content (AvgIpc) is 3.17. The summed E-state index contributed by atoms with van der Waals surface area (Å²) in [6, 6.07) is -1.19. The highest BCUT2D eigenvalue weighted by atomic mass is 16.7. The Morgan fingerprint density at radius 1 is 0.630 bits per heavy atom. The Hall–Kier alpha value is -1.67. The van der Waals surface area contributed by atoms with E-state index in [0.29, 0.717) is 19.3 Å². The van der Waals surface area contributed by atoms with Crippen molar-refractivity contribution in [2.24, 2.45) is 0 Å². The van der Waals surface area contributed by atoms with Gasteiger partial charge >= 0.3 is 0 Å². The molecule has 0 aromatic carbocycles. The van der Waals surface area contributed by atoms with Crippen LogP contribution in [0.4, 0.5) is 0 Å². The highest BCUT2D eigenvalue weighted by molar-refractivity contribution is 5.80. The van der Waals surface area contributed by atoms with Crippen LogP contribution in [-0.2, 0) is 14.3 Å². The van der Waals surface area contributed by atoms with Gasteiger partial charge in [0.05, 0.1) is 25.4 Å². The van der Waals surface area contributed by atoms with Crippen LogP contribution in [0.2, 0.25) is 0 Å². The molecule has 1 rings (SSSR count). The van der Waals surface area contributed by atoms with E-state index in [1.54, 1.807) is 0 Å². The average molecular weight is 770 g/mol. The van der Waals surface area contributed by atoms with Crippen molar-refractivity contribution in [1.82, 2.24) is 5.32 Å². The number of carbonyl (C=O) groups is 1. The fraction of sp³-hybridized carbons (Fsp3) is 0.837. The zero-order chi connectivity index (χ0) is 39.8. The van der Waals surface area contributed by atoms with Gasteiger partial charge in [0.25, 0.3) is 0 Å². The Morgan fingerprint density at radius 2 is 1.11 bits per heavy atom. The molecule has 9 unspecified atom stereocenters. The largest absolute Gasteiger partial charge is 0.394 e. The molecule has 1 aliphatic heterocycles. The predicted octanol–water partition coefficient (Wildman–Crippen LogP) is 6.05. The molecular weight excluding hydrogens is 690 g/mol. The zero-order valence-corrected chi connectivity index (χ0v) is 33.7. The minimum atomic E-state index is -1.67. The number of aliphatic hydroxyl groups is 7. The summed E-state index contributed by atoms with van der Waals surface area (Å²) in [5.74, 6) is -0.723. The monoisotopic (exact) mass is 770 g/mol. The van der Waals surface area contributed by atoms with E-state index in [0.717, 1.165) is 51.4 Å². The Labute approximate surface area is 326 Å². The van der Waals surface area contributed by atoms with E-state index in [1.165, 1.54) is 64.2 Å². The Balaban J connectivity index is 2.55. The summed E-state index contributed by atoms with van der Waals surface area (Å²) >= 11 is 0. The molecule has 1 amide bonds. The first-order chi connectivity index (χ1) is 26.2. The lowest BCUT2D eigenvalue weighted by atomic mass is 9.98. The first kappa shape index (κ1) is 50.3. The highest BCUT2D eigenvalue weighted by Gasteiger charge is 2.44. The number of allylic oxidation sites excluding steroid dienone is 6. The second-order valence-electron chi connectivity index (χ2n) is 15.0. The van der Waals surface area contributed by atoms with Crippen LogP contribution in [-0.4, -0.2) is 110 Å². The molecule has 0 aromatic rings. The van der Waals surface area contributed by atoms with Gasteiger partial charge in [-0.15, -0.1) is 0 Å². The Kier molecular flexibility index (Phi) is 31.2. The maximum Gasteiger partial charge on any atom is 0.249 e. The van der Waals surface area contributed by atoms with Gasteiger partial charge < -0.3 is 50.5 Å². The van der Waals surface area contributed by atoms with Crippen molar-refractivity contribution >= 4 is 5.91 Å². The summed E-state index contributed by atoms with van der Waals surface area (Å²) in [5.41, 5.74) is 0. The third kappa shape index (κ3) is 23.4. The molecule has 0 spiro atoms. The lowest BCUT2D eigenvalue weighted by Crippen LogP contribution is -2.60. The van der Waals surface area contributed by atoms with Gasteiger partial charge in [-0.2, -0.15) is 0 Å². The van der Waals surface area contributed by atoms with Crippen molar-refractivity contribution in [3.05, 3.63) is 36.5 Å². The molecule has 0 saturated carbocycles. The second-order valence-corrected chi connectivity index (χ2v) is 15.0. The predicted molar refractivity (Wildman–Crippen MR) is 215 cm³/mol. The number of hydrogen-bond acceptors (Lipinski definition) is 10. The van der Waals surface area contributed by atoms with E-state index < -0.39 is 74.2 Å². The molecule has 316 valence electrons. The van der Waals surface area contributed by atoms with Gasteiger partial charge in [0, 0.05) is 0 Å². The number of amides is 1. The molecule has 1 fully saturated rings. The third-order valence-electron chi connectivity index (χ3n) is 10.1. The fourth-order valence-corrected chi connectivity index (χ4v) is 6.51. The molecule has 0 radical (unpaired) electrons. The summed E-state index contributed by atoms with van der Waals surface area (Å²) in [7, 11) is 0. The van der Waals surface area contributed by atoms with Crippen molar-refractivity contribution in [3.8, 4) is 0 Å².